The molecule has 0 aromatic carbocycles. The van der Waals surface area contributed by atoms with Gasteiger partial charge in [-0.1, -0.05) is 20.8 Å². The first-order valence-corrected chi connectivity index (χ1v) is 5.84. The van der Waals surface area contributed by atoms with Crippen LogP contribution >= 0.6 is 0 Å². The first kappa shape index (κ1) is 12.5. The Morgan fingerprint density at radius 2 is 2.13 bits per heavy atom. The van der Waals surface area contributed by atoms with Crippen molar-refractivity contribution in [1.29, 1.82) is 0 Å². The van der Waals surface area contributed by atoms with Crippen molar-refractivity contribution >= 4 is 5.97 Å². The normalized spacial score (nSPS) is 25.1. The summed E-state index contributed by atoms with van der Waals surface area (Å²) < 4.78 is 5.25. The number of ether oxygens (including phenoxy) is 1. The maximum absolute atomic E-state index is 11.4. The van der Waals surface area contributed by atoms with Crippen LogP contribution in [-0.4, -0.2) is 36.6 Å². The molecule has 2 unspecified atom stereocenters. The molecular weight excluding hydrogens is 190 g/mol. The van der Waals surface area contributed by atoms with E-state index in [9.17, 15) is 4.79 Å². The molecule has 0 bridgehead atoms. The molecule has 2 atom stereocenters. The molecule has 0 radical (unpaired) electrons. The summed E-state index contributed by atoms with van der Waals surface area (Å²) in [6, 6.07) is 0.671. The smallest absolute Gasteiger partial charge is 0.307 e. The lowest BCUT2D eigenvalue weighted by Gasteiger charge is -2.21. The molecule has 1 fully saturated rings. The van der Waals surface area contributed by atoms with Crippen LogP contribution in [0.2, 0.25) is 0 Å². The number of carbonyl (C=O) groups is 1. The van der Waals surface area contributed by atoms with Crippen molar-refractivity contribution < 1.29 is 9.53 Å². The van der Waals surface area contributed by atoms with Gasteiger partial charge in [-0.3, -0.25) is 9.69 Å². The molecule has 3 heteroatoms. The zero-order valence-corrected chi connectivity index (χ0v) is 10.4. The molecule has 0 spiro atoms. The molecule has 3 nitrogen and oxygen atoms in total. The molecule has 0 aromatic heterocycles. The molecule has 0 N–H and O–H groups in total. The lowest BCUT2D eigenvalue weighted by atomic mass is 9.92. The van der Waals surface area contributed by atoms with Gasteiger partial charge in [0.1, 0.15) is 0 Å². The second-order valence-electron chi connectivity index (χ2n) is 5.27. The Morgan fingerprint density at radius 1 is 1.53 bits per heavy atom. The number of hydrogen-bond acceptors (Lipinski definition) is 3. The lowest BCUT2D eigenvalue weighted by Crippen LogP contribution is -2.22. The van der Waals surface area contributed by atoms with Gasteiger partial charge in [-0.2, -0.15) is 0 Å². The summed E-state index contributed by atoms with van der Waals surface area (Å²) in [6.45, 7) is 11.1. The third kappa shape index (κ3) is 4.65. The van der Waals surface area contributed by atoms with Crippen molar-refractivity contribution in [2.45, 2.75) is 46.6 Å². The quantitative estimate of drug-likeness (QED) is 0.499. The molecule has 88 valence electrons. The largest absolute Gasteiger partial charge is 0.465 e. The number of esters is 1. The molecule has 0 aromatic rings. The summed E-state index contributed by atoms with van der Waals surface area (Å²) in [6.07, 6.45) is 1.56. The van der Waals surface area contributed by atoms with E-state index in [1.165, 1.54) is 0 Å². The zero-order valence-electron chi connectivity index (χ0n) is 10.4. The van der Waals surface area contributed by atoms with Crippen LogP contribution in [0.4, 0.5) is 0 Å². The number of carbonyl (C=O) groups excluding carboxylic acids is 1. The summed E-state index contributed by atoms with van der Waals surface area (Å²) in [5.74, 6) is -0.0596. The minimum atomic E-state index is -0.0596. The molecule has 1 rings (SSSR count). The molecule has 0 saturated carbocycles. The van der Waals surface area contributed by atoms with Crippen molar-refractivity contribution in [3.05, 3.63) is 0 Å². The second-order valence-corrected chi connectivity index (χ2v) is 5.27. The number of hydrogen-bond donors (Lipinski definition) is 0. The van der Waals surface area contributed by atoms with Gasteiger partial charge < -0.3 is 4.74 Å². The van der Waals surface area contributed by atoms with Crippen LogP contribution in [-0.2, 0) is 9.53 Å². The maximum atomic E-state index is 11.4. The fourth-order valence-corrected chi connectivity index (χ4v) is 1.29. The Balaban J connectivity index is 2.08. The highest BCUT2D eigenvalue weighted by atomic mass is 16.5. The van der Waals surface area contributed by atoms with Gasteiger partial charge in [-0.25, -0.2) is 0 Å². The van der Waals surface area contributed by atoms with E-state index in [-0.39, 0.29) is 11.4 Å². The molecule has 1 saturated heterocycles. The van der Waals surface area contributed by atoms with E-state index < -0.39 is 0 Å². The standard InChI is InChI=1S/C12H23NO2/c1-5-12(3,4)9-15-11(14)6-7-13-8-10(13)2/h10H,5-9H2,1-4H3. The maximum Gasteiger partial charge on any atom is 0.307 e. The molecule has 15 heavy (non-hydrogen) atoms. The second kappa shape index (κ2) is 4.97. The van der Waals surface area contributed by atoms with E-state index in [4.69, 9.17) is 4.74 Å². The lowest BCUT2D eigenvalue weighted by molar-refractivity contribution is -0.146. The van der Waals surface area contributed by atoms with E-state index >= 15 is 0 Å². The predicted octanol–water partition coefficient (Wildman–Crippen LogP) is 2.06. The van der Waals surface area contributed by atoms with Gasteiger partial charge in [0.2, 0.25) is 0 Å². The summed E-state index contributed by atoms with van der Waals surface area (Å²) in [5, 5.41) is 0. The minimum Gasteiger partial charge on any atom is -0.465 e. The molecule has 1 aliphatic rings. The van der Waals surface area contributed by atoms with Crippen molar-refractivity contribution in [2.24, 2.45) is 5.41 Å². The number of nitrogens with zero attached hydrogens (tertiary/aromatic N) is 1. The summed E-state index contributed by atoms with van der Waals surface area (Å²) >= 11 is 0. The van der Waals surface area contributed by atoms with Gasteiger partial charge in [-0.15, -0.1) is 0 Å². The Labute approximate surface area is 92.8 Å². The minimum absolute atomic E-state index is 0.0596. The third-order valence-corrected chi connectivity index (χ3v) is 3.17. The number of rotatable bonds is 6. The highest BCUT2D eigenvalue weighted by Crippen LogP contribution is 2.20. The molecule has 0 aliphatic carbocycles. The fraction of sp³-hybridized carbons (Fsp3) is 0.917. The first-order valence-electron chi connectivity index (χ1n) is 5.84. The fourth-order valence-electron chi connectivity index (χ4n) is 1.29. The average molecular weight is 213 g/mol. The van der Waals surface area contributed by atoms with Crippen molar-refractivity contribution in [1.82, 2.24) is 4.90 Å². The van der Waals surface area contributed by atoms with Crippen molar-refractivity contribution in [2.75, 3.05) is 19.7 Å². The Kier molecular flexibility index (Phi) is 4.14. The van der Waals surface area contributed by atoms with Crippen LogP contribution < -0.4 is 0 Å². The van der Waals surface area contributed by atoms with Crippen LogP contribution in [0, 0.1) is 5.41 Å². The zero-order chi connectivity index (χ0) is 11.5. The SMILES string of the molecule is CCC(C)(C)COC(=O)CCN1CC1C. The Bertz CT molecular complexity index is 226. The first-order chi connectivity index (χ1) is 6.94. The van der Waals surface area contributed by atoms with E-state index in [0.717, 1.165) is 19.5 Å². The summed E-state index contributed by atoms with van der Waals surface area (Å²) in [5.41, 5.74) is 0.114. The summed E-state index contributed by atoms with van der Waals surface area (Å²) in [4.78, 5) is 13.7. The molecular formula is C12H23NO2. The monoisotopic (exact) mass is 213 g/mol. The molecule has 1 heterocycles. The van der Waals surface area contributed by atoms with Crippen molar-refractivity contribution in [3.63, 3.8) is 0 Å². The predicted molar refractivity (Wildman–Crippen MR) is 60.7 cm³/mol. The van der Waals surface area contributed by atoms with E-state index in [2.05, 4.69) is 32.6 Å². The molecule has 1 aliphatic heterocycles. The van der Waals surface area contributed by atoms with Gasteiger partial charge in [-0.05, 0) is 18.8 Å². The van der Waals surface area contributed by atoms with E-state index in [1.807, 2.05) is 0 Å². The Hall–Kier alpha value is -0.570. The highest BCUT2D eigenvalue weighted by Gasteiger charge is 2.29. The van der Waals surface area contributed by atoms with Crippen LogP contribution in [0.3, 0.4) is 0 Å². The highest BCUT2D eigenvalue weighted by molar-refractivity contribution is 5.69. The Morgan fingerprint density at radius 3 is 2.60 bits per heavy atom. The van der Waals surface area contributed by atoms with Crippen LogP contribution in [0.5, 0.6) is 0 Å². The van der Waals surface area contributed by atoms with Crippen LogP contribution in [0.1, 0.15) is 40.5 Å². The average Bonchev–Trinajstić information content (AvgIpc) is 2.89. The van der Waals surface area contributed by atoms with Crippen LogP contribution in [0.25, 0.3) is 0 Å². The molecule has 0 amide bonds. The van der Waals surface area contributed by atoms with Gasteiger partial charge in [0.25, 0.3) is 0 Å². The van der Waals surface area contributed by atoms with Gasteiger partial charge in [0.15, 0.2) is 0 Å². The van der Waals surface area contributed by atoms with Crippen LogP contribution in [0.15, 0.2) is 0 Å². The van der Waals surface area contributed by atoms with Gasteiger partial charge in [0, 0.05) is 19.1 Å². The summed E-state index contributed by atoms with van der Waals surface area (Å²) in [7, 11) is 0. The van der Waals surface area contributed by atoms with E-state index in [1.54, 1.807) is 0 Å². The van der Waals surface area contributed by atoms with Crippen molar-refractivity contribution in [3.8, 4) is 0 Å². The van der Waals surface area contributed by atoms with E-state index in [0.29, 0.717) is 19.1 Å². The van der Waals surface area contributed by atoms with Gasteiger partial charge in [0.05, 0.1) is 13.0 Å². The van der Waals surface area contributed by atoms with Gasteiger partial charge >= 0.3 is 5.97 Å². The third-order valence-electron chi connectivity index (χ3n) is 3.17. The topological polar surface area (TPSA) is 29.3 Å².